The maximum Gasteiger partial charge on any atom is 1.00 e. The standard InChI is InChI=1S/C13H17BN2O3.C12H19BN2O2.C12H14N2O2.C6H12BNO2.C6H7NO.C4H6O3.C3Cl6O3.C2H3O.CH4.BO.Na.H2O/c1-14(18)15-8-6-10(7-9-15)16-11-4-2-3-5-12(11)19-13(16)17;1-13(17)15-8-6-10(7-9-15)14-11-4-2-3-5-12(11)16;15-12-14(9-5-7-13-8-6-9)10-3-1-2-4-11(10)16-12;1-7(10)8-4-2-6(9)3-5-8;7-5-3-1-2-4-6(5)8;1-3(5)7-4(2)6;4-2(5,6)11-1(10)12-3(7,8)9;1-2-3;;1-2;;/h2-5,10,18H,6-9H2,1H3;2-5,10,14,16-17H,6-9H2,1H3;1-4,9,13H,5-8H2;10H,2-5H2,1H3;1-4,8H,7H2;1-2H3;;1H3;1H4;;;1H2/q;;;;;;;-1;;;+1;. The van der Waals surface area contributed by atoms with E-state index in [4.69, 9.17) is 104 Å². The number of nitrogen functional groups attached to an aromatic ring is 1. The molecule has 4 aliphatic heterocycles. The van der Waals surface area contributed by atoms with E-state index in [-0.39, 0.29) is 78.9 Å². The smallest absolute Gasteiger partial charge is 1.00 e. The molecule has 4 saturated heterocycles. The molecule has 38 heteroatoms. The number of rotatable bonds is 7. The fourth-order valence-corrected chi connectivity index (χ4v) is 9.90. The Morgan fingerprint density at radius 1 is 0.619 bits per heavy atom. The van der Waals surface area contributed by atoms with Crippen LogP contribution >= 0.6 is 69.6 Å². The molecular formula is C59H84B4Cl6N8NaO19. The fourth-order valence-electron chi connectivity index (χ4n) is 9.52. The van der Waals surface area contributed by atoms with Crippen LogP contribution in [0.5, 0.6) is 11.5 Å². The number of halogens is 6. The van der Waals surface area contributed by atoms with Gasteiger partial charge < -0.3 is 89.4 Å². The second-order valence-corrected chi connectivity index (χ2v) is 25.1. The molecule has 1 radical (unpaired) electrons. The quantitative estimate of drug-likeness (QED) is 0.0191. The molecule has 0 bridgehead atoms. The van der Waals surface area contributed by atoms with Gasteiger partial charge in [-0.25, -0.2) is 14.4 Å². The van der Waals surface area contributed by atoms with Gasteiger partial charge in [0.1, 0.15) is 17.3 Å². The van der Waals surface area contributed by atoms with Gasteiger partial charge in [0.25, 0.3) is 0 Å². The largest absolute Gasteiger partial charge is 1.00 e. The molecule has 97 heavy (non-hydrogen) atoms. The van der Waals surface area contributed by atoms with Gasteiger partial charge >= 0.3 is 101 Å². The van der Waals surface area contributed by atoms with E-state index in [1.54, 1.807) is 59.9 Å². The summed E-state index contributed by atoms with van der Waals surface area (Å²) in [6.45, 7) is 15.8. The first-order chi connectivity index (χ1) is 44.3. The Labute approximate surface area is 617 Å². The van der Waals surface area contributed by atoms with Crippen LogP contribution in [0.25, 0.3) is 22.2 Å². The molecule has 4 fully saturated rings. The minimum atomic E-state index is -2.24. The normalized spacial score (nSPS) is 14.8. The number of oxazole rings is 2. The summed E-state index contributed by atoms with van der Waals surface area (Å²) in [7, 11) is 2.08. The van der Waals surface area contributed by atoms with E-state index in [0.717, 1.165) is 108 Å². The zero-order chi connectivity index (χ0) is 70.7. The summed E-state index contributed by atoms with van der Waals surface area (Å²) >= 11 is 30.2. The van der Waals surface area contributed by atoms with E-state index in [1.165, 1.54) is 27.1 Å². The number of phenols is 2. The first kappa shape index (κ1) is 93.9. The van der Waals surface area contributed by atoms with Crippen molar-refractivity contribution in [1.29, 1.82) is 0 Å². The van der Waals surface area contributed by atoms with E-state index in [0.29, 0.717) is 47.3 Å². The predicted molar refractivity (Wildman–Crippen MR) is 377 cm³/mol. The summed E-state index contributed by atoms with van der Waals surface area (Å²) in [6.07, 6.45) is 6.96. The number of phenolic OH excluding ortho intramolecular Hbond substituents is 2. The van der Waals surface area contributed by atoms with Crippen LogP contribution in [0, 0.1) is 0 Å². The van der Waals surface area contributed by atoms with Gasteiger partial charge in [-0.2, -0.15) is 6.92 Å². The molecule has 0 atom stereocenters. The number of alkyl halides is 6. The summed E-state index contributed by atoms with van der Waals surface area (Å²) in [5.41, 5.74) is 9.60. The number of esters is 2. The van der Waals surface area contributed by atoms with Crippen molar-refractivity contribution in [3.8, 4) is 11.5 Å². The SMILES string of the molecule is C.CB(O)N1CCC(=O)CC1.CB(O)N1CCC(Nc2ccccc2O)CC1.CB(O)N1CCC(n2c(=O)oc3ccccc32)CC1.CC(=O)OC(C)=O.C[C-]=O.Nc1ccccc1O.O.O=C(OC(Cl)(Cl)Cl)OC(Cl)(Cl)Cl.O=c1oc2ccccc2n1C1CCNCC1.[B]=O.[Na+]. The number of ether oxygens (including phenoxy) is 3. The number of nitrogens with zero attached hydrogens (tertiary/aromatic N) is 5. The van der Waals surface area contributed by atoms with Crippen molar-refractivity contribution >= 4 is 162 Å². The number of ketones is 1. The number of piperidine rings is 4. The number of aromatic nitrogens is 2. The molecule has 0 unspecified atom stereocenters. The Bertz CT molecular complexity index is 3300. The predicted octanol–water partition coefficient (Wildman–Crippen LogP) is 5.30. The van der Waals surface area contributed by atoms with E-state index in [9.17, 15) is 43.9 Å². The summed E-state index contributed by atoms with van der Waals surface area (Å²) < 4.78 is 29.3. The van der Waals surface area contributed by atoms with Crippen LogP contribution in [0.2, 0.25) is 20.5 Å². The summed E-state index contributed by atoms with van der Waals surface area (Å²) in [5, 5.41) is 53.2. The molecule has 6 aromatic rings. The van der Waals surface area contributed by atoms with Gasteiger partial charge in [-0.05, 0) is 229 Å². The van der Waals surface area contributed by atoms with E-state index in [1.807, 2.05) is 76.4 Å². The van der Waals surface area contributed by atoms with Gasteiger partial charge in [-0.1, -0.05) is 56.0 Å². The van der Waals surface area contributed by atoms with Crippen LogP contribution in [-0.2, 0) is 38.1 Å². The van der Waals surface area contributed by atoms with Gasteiger partial charge in [-0.15, -0.1) is 0 Å². The van der Waals surface area contributed by atoms with Crippen molar-refractivity contribution in [2.24, 2.45) is 0 Å². The third-order valence-electron chi connectivity index (χ3n) is 13.9. The van der Waals surface area contributed by atoms with Gasteiger partial charge in [0, 0.05) is 44.8 Å². The number of Topliss-reactive ketones (excluding diaryl/α,β-unsaturated/α-hetero) is 1. The van der Waals surface area contributed by atoms with Gasteiger partial charge in [0.05, 0.1) is 22.4 Å². The number of carbonyl (C=O) groups is 4. The molecule has 529 valence electrons. The van der Waals surface area contributed by atoms with Gasteiger partial charge in [-0.3, -0.25) is 29.8 Å². The molecule has 0 aliphatic carbocycles. The average molecular weight is 1490 g/mol. The Hall–Kier alpha value is -5.15. The molecule has 6 heterocycles. The maximum atomic E-state index is 12.0. The Morgan fingerprint density at radius 3 is 1.32 bits per heavy atom. The summed E-state index contributed by atoms with van der Waals surface area (Å²) in [5.74, 6) is -0.875. The van der Waals surface area contributed by atoms with E-state index in [2.05, 4.69) is 37.4 Å². The molecule has 4 aliphatic rings. The number of benzene rings is 4. The monoisotopic (exact) mass is 1490 g/mol. The Balaban J connectivity index is 0. The summed E-state index contributed by atoms with van der Waals surface area (Å²) in [6, 6.07) is 29.9. The van der Waals surface area contributed by atoms with Crippen molar-refractivity contribution in [2.45, 2.75) is 126 Å². The van der Waals surface area contributed by atoms with Crippen LogP contribution in [0.4, 0.5) is 16.2 Å². The minimum Gasteiger partial charge on any atom is 1.00 e. The van der Waals surface area contributed by atoms with Crippen LogP contribution in [0.1, 0.15) is 91.6 Å². The first-order valence-corrected chi connectivity index (χ1v) is 31.6. The molecule has 10 rings (SSSR count). The first-order valence-electron chi connectivity index (χ1n) is 29.4. The van der Waals surface area contributed by atoms with E-state index < -0.39 is 40.2 Å². The molecule has 11 N–H and O–H groups in total. The van der Waals surface area contributed by atoms with Crippen molar-refractivity contribution in [3.05, 3.63) is 118 Å². The third-order valence-corrected chi connectivity index (χ3v) is 14.4. The van der Waals surface area contributed by atoms with Crippen LogP contribution in [0.15, 0.2) is 115 Å². The fraction of sp³-hybridized carbons (Fsp3) is 0.475. The van der Waals surface area contributed by atoms with Gasteiger partial charge in [0.2, 0.25) is 0 Å². The number of hydrogen-bond donors (Lipinski definition) is 8. The summed E-state index contributed by atoms with van der Waals surface area (Å²) in [4.78, 5) is 79.3. The van der Waals surface area contributed by atoms with Crippen molar-refractivity contribution in [3.63, 3.8) is 0 Å². The molecule has 27 nitrogen and oxygen atoms in total. The topological polar surface area (TPSA) is 393 Å². The molecule has 0 saturated carbocycles. The molecule has 0 amide bonds. The Morgan fingerprint density at radius 2 is 0.969 bits per heavy atom. The third kappa shape index (κ3) is 37.2. The number of para-hydroxylation sites is 8. The zero-order valence-corrected chi connectivity index (χ0v) is 60.8. The van der Waals surface area contributed by atoms with Crippen molar-refractivity contribution in [2.75, 3.05) is 63.4 Å². The van der Waals surface area contributed by atoms with Crippen molar-refractivity contribution in [1.82, 2.24) is 28.9 Å². The molecular weight excluding hydrogens is 1400 g/mol. The van der Waals surface area contributed by atoms with Crippen molar-refractivity contribution < 1.29 is 112 Å². The number of aromatic hydroxyl groups is 2. The number of nitrogens with two attached hydrogens (primary N) is 1. The minimum absolute atomic E-state index is 0. The molecule has 4 aromatic carbocycles. The van der Waals surface area contributed by atoms with Crippen LogP contribution in [0.3, 0.4) is 0 Å². The zero-order valence-electron chi connectivity index (χ0n) is 54.2. The Kier molecular flexibility index (Phi) is 47.8. The molecule has 2 aromatic heterocycles. The van der Waals surface area contributed by atoms with Crippen LogP contribution < -0.4 is 57.4 Å². The number of nitrogens with one attached hydrogen (secondary N) is 2. The second-order valence-electron chi connectivity index (χ2n) is 20.8. The molecule has 0 spiro atoms. The number of anilines is 2. The average Bonchev–Trinajstić information content (AvgIpc) is 1.66. The maximum absolute atomic E-state index is 12.0. The van der Waals surface area contributed by atoms with E-state index >= 15 is 0 Å². The number of fused-ring (bicyclic) bond motifs is 2. The number of carbonyl (C=O) groups excluding carboxylic acids is 5. The van der Waals surface area contributed by atoms with Crippen LogP contribution in [-0.4, -0.2) is 180 Å². The van der Waals surface area contributed by atoms with Gasteiger partial charge in [0.15, 0.2) is 11.2 Å². The number of hydrogen-bond acceptors (Lipinski definition) is 24. The second kappa shape index (κ2) is 49.4.